The molecular formula is C19H25N3O3. The third-order valence-corrected chi connectivity index (χ3v) is 4.86. The number of nitrogens with zero attached hydrogens (tertiary/aromatic N) is 2. The van der Waals surface area contributed by atoms with Crippen molar-refractivity contribution in [2.45, 2.75) is 51.6 Å². The van der Waals surface area contributed by atoms with E-state index in [0.717, 1.165) is 25.7 Å². The molecule has 1 fully saturated rings. The molecule has 0 radical (unpaired) electrons. The first-order chi connectivity index (χ1) is 12.0. The Morgan fingerprint density at radius 3 is 2.52 bits per heavy atom. The molecule has 2 N–H and O–H groups in total. The molecule has 0 bridgehead atoms. The molecule has 25 heavy (non-hydrogen) atoms. The molecule has 1 saturated carbocycles. The minimum atomic E-state index is -0.571. The van der Waals surface area contributed by atoms with E-state index in [-0.39, 0.29) is 29.7 Å². The fraction of sp³-hybridized carbons (Fsp3) is 0.526. The molecule has 1 aliphatic rings. The summed E-state index contributed by atoms with van der Waals surface area (Å²) in [5.41, 5.74) is -0.507. The summed E-state index contributed by atoms with van der Waals surface area (Å²) < 4.78 is 1.38. The van der Waals surface area contributed by atoms with Crippen molar-refractivity contribution in [3.63, 3.8) is 0 Å². The third kappa shape index (κ3) is 3.44. The Morgan fingerprint density at radius 2 is 1.92 bits per heavy atom. The van der Waals surface area contributed by atoms with E-state index in [2.05, 4.69) is 10.4 Å². The highest BCUT2D eigenvalue weighted by Crippen LogP contribution is 2.29. The van der Waals surface area contributed by atoms with Crippen LogP contribution in [0.3, 0.4) is 0 Å². The van der Waals surface area contributed by atoms with Crippen LogP contribution in [0.25, 0.3) is 10.8 Å². The maximum absolute atomic E-state index is 12.9. The third-order valence-electron chi connectivity index (χ3n) is 4.86. The number of aliphatic hydroxyl groups is 1. The van der Waals surface area contributed by atoms with E-state index in [1.165, 1.54) is 4.68 Å². The molecular weight excluding hydrogens is 318 g/mol. The highest BCUT2D eigenvalue weighted by Gasteiger charge is 2.35. The van der Waals surface area contributed by atoms with Gasteiger partial charge in [-0.15, -0.1) is 0 Å². The average molecular weight is 343 g/mol. The maximum atomic E-state index is 12.9. The molecule has 6 nitrogen and oxygen atoms in total. The van der Waals surface area contributed by atoms with Gasteiger partial charge in [0, 0.05) is 11.9 Å². The molecule has 0 atom stereocenters. The van der Waals surface area contributed by atoms with Crippen LogP contribution in [0.2, 0.25) is 0 Å². The van der Waals surface area contributed by atoms with Crippen molar-refractivity contribution in [3.8, 4) is 0 Å². The van der Waals surface area contributed by atoms with Gasteiger partial charge in [0.1, 0.15) is 0 Å². The van der Waals surface area contributed by atoms with Gasteiger partial charge in [-0.05, 0) is 24.8 Å². The first kappa shape index (κ1) is 17.6. The van der Waals surface area contributed by atoms with Gasteiger partial charge < -0.3 is 10.4 Å². The van der Waals surface area contributed by atoms with Crippen LogP contribution in [0, 0.1) is 5.92 Å². The lowest BCUT2D eigenvalue weighted by Crippen LogP contribution is -2.49. The standard InChI is InChI=1S/C19H25N3O3/c1-13(2)11-22-18(25)15-8-4-3-7-14(15)16(21-22)17(24)20-19(12-23)9-5-6-10-19/h3-4,7-8,13,23H,5-6,9-12H2,1-2H3,(H,20,24). The minimum absolute atomic E-state index is 0.0810. The molecule has 0 aliphatic heterocycles. The van der Waals surface area contributed by atoms with Gasteiger partial charge in [-0.2, -0.15) is 5.10 Å². The van der Waals surface area contributed by atoms with E-state index in [9.17, 15) is 14.7 Å². The van der Waals surface area contributed by atoms with Gasteiger partial charge in [0.05, 0.1) is 17.5 Å². The molecule has 1 aromatic carbocycles. The van der Waals surface area contributed by atoms with Crippen molar-refractivity contribution in [1.82, 2.24) is 15.1 Å². The lowest BCUT2D eigenvalue weighted by Gasteiger charge is -2.28. The summed E-state index contributed by atoms with van der Waals surface area (Å²) in [7, 11) is 0. The van der Waals surface area contributed by atoms with Crippen LogP contribution in [-0.4, -0.2) is 32.9 Å². The smallest absolute Gasteiger partial charge is 0.274 e. The Kier molecular flexibility index (Phi) is 4.90. The first-order valence-corrected chi connectivity index (χ1v) is 8.89. The van der Waals surface area contributed by atoms with E-state index in [0.29, 0.717) is 17.3 Å². The van der Waals surface area contributed by atoms with Crippen molar-refractivity contribution in [2.75, 3.05) is 6.61 Å². The molecule has 0 saturated heterocycles. The predicted molar refractivity (Wildman–Crippen MR) is 96.6 cm³/mol. The van der Waals surface area contributed by atoms with E-state index in [4.69, 9.17) is 0 Å². The predicted octanol–water partition coefficient (Wildman–Crippen LogP) is 2.09. The Labute approximate surface area is 146 Å². The number of hydrogen-bond acceptors (Lipinski definition) is 4. The van der Waals surface area contributed by atoms with Crippen LogP contribution in [0.4, 0.5) is 0 Å². The van der Waals surface area contributed by atoms with Crippen molar-refractivity contribution < 1.29 is 9.90 Å². The molecule has 2 aromatic rings. The van der Waals surface area contributed by atoms with E-state index < -0.39 is 5.54 Å². The second-order valence-corrected chi connectivity index (χ2v) is 7.37. The van der Waals surface area contributed by atoms with E-state index in [1.54, 1.807) is 24.3 Å². The summed E-state index contributed by atoms with van der Waals surface area (Å²) in [4.78, 5) is 25.6. The number of benzene rings is 1. The van der Waals surface area contributed by atoms with Crippen molar-refractivity contribution in [3.05, 3.63) is 40.3 Å². The summed E-state index contributed by atoms with van der Waals surface area (Å²) in [5.74, 6) is -0.0921. The maximum Gasteiger partial charge on any atom is 0.274 e. The lowest BCUT2D eigenvalue weighted by molar-refractivity contribution is 0.0832. The molecule has 0 spiro atoms. The second-order valence-electron chi connectivity index (χ2n) is 7.37. The molecule has 0 unspecified atom stereocenters. The number of carbonyl (C=O) groups excluding carboxylic acids is 1. The summed E-state index contributed by atoms with van der Waals surface area (Å²) in [6.45, 7) is 4.38. The lowest BCUT2D eigenvalue weighted by atomic mass is 9.98. The van der Waals surface area contributed by atoms with Crippen LogP contribution < -0.4 is 10.9 Å². The normalized spacial score (nSPS) is 16.5. The Hall–Kier alpha value is -2.21. The summed E-state index contributed by atoms with van der Waals surface area (Å²) in [5, 5.41) is 18.1. The van der Waals surface area contributed by atoms with Crippen LogP contribution in [-0.2, 0) is 6.54 Å². The molecule has 1 aliphatic carbocycles. The van der Waals surface area contributed by atoms with E-state index >= 15 is 0 Å². The second kappa shape index (κ2) is 6.96. The molecule has 1 aromatic heterocycles. The van der Waals surface area contributed by atoms with Gasteiger partial charge in [-0.1, -0.05) is 44.9 Å². The Balaban J connectivity index is 2.06. The zero-order valence-corrected chi connectivity index (χ0v) is 14.8. The fourth-order valence-electron chi connectivity index (χ4n) is 3.55. The van der Waals surface area contributed by atoms with Crippen molar-refractivity contribution in [2.24, 2.45) is 5.92 Å². The van der Waals surface area contributed by atoms with Crippen molar-refractivity contribution >= 4 is 16.7 Å². The number of aromatic nitrogens is 2. The first-order valence-electron chi connectivity index (χ1n) is 8.89. The van der Waals surface area contributed by atoms with Crippen LogP contribution in [0.15, 0.2) is 29.1 Å². The molecule has 3 rings (SSSR count). The summed E-state index contributed by atoms with van der Waals surface area (Å²) in [6, 6.07) is 7.06. The molecule has 6 heteroatoms. The quantitative estimate of drug-likeness (QED) is 0.871. The monoisotopic (exact) mass is 343 g/mol. The highest BCUT2D eigenvalue weighted by atomic mass is 16.3. The summed E-state index contributed by atoms with van der Waals surface area (Å²) in [6.07, 6.45) is 3.50. The Bertz CT molecular complexity index is 835. The van der Waals surface area contributed by atoms with E-state index in [1.807, 2.05) is 13.8 Å². The molecule has 1 amide bonds. The number of nitrogens with one attached hydrogen (secondary N) is 1. The summed E-state index contributed by atoms with van der Waals surface area (Å²) >= 11 is 0. The van der Waals surface area contributed by atoms with Gasteiger partial charge in [0.25, 0.3) is 11.5 Å². The Morgan fingerprint density at radius 1 is 1.28 bits per heavy atom. The van der Waals surface area contributed by atoms with Crippen LogP contribution in [0.5, 0.6) is 0 Å². The van der Waals surface area contributed by atoms with Gasteiger partial charge in [-0.25, -0.2) is 4.68 Å². The average Bonchev–Trinajstić information content (AvgIpc) is 3.06. The number of carbonyl (C=O) groups is 1. The van der Waals surface area contributed by atoms with Crippen LogP contribution >= 0.6 is 0 Å². The van der Waals surface area contributed by atoms with Gasteiger partial charge in [0.15, 0.2) is 5.69 Å². The van der Waals surface area contributed by atoms with Gasteiger partial charge in [-0.3, -0.25) is 9.59 Å². The number of rotatable bonds is 5. The number of aliphatic hydroxyl groups excluding tert-OH is 1. The fourth-order valence-corrected chi connectivity index (χ4v) is 3.55. The zero-order valence-electron chi connectivity index (χ0n) is 14.8. The SMILES string of the molecule is CC(C)Cn1nc(C(=O)NC2(CO)CCCC2)c2ccccc2c1=O. The zero-order chi connectivity index (χ0) is 18.0. The minimum Gasteiger partial charge on any atom is -0.394 e. The number of fused-ring (bicyclic) bond motifs is 1. The van der Waals surface area contributed by atoms with Crippen molar-refractivity contribution in [1.29, 1.82) is 0 Å². The van der Waals surface area contributed by atoms with Gasteiger partial charge in [0.2, 0.25) is 0 Å². The molecule has 1 heterocycles. The number of hydrogen-bond donors (Lipinski definition) is 2. The molecule has 134 valence electrons. The largest absolute Gasteiger partial charge is 0.394 e. The highest BCUT2D eigenvalue weighted by molar-refractivity contribution is 6.05. The number of amides is 1. The van der Waals surface area contributed by atoms with Crippen LogP contribution in [0.1, 0.15) is 50.0 Å². The van der Waals surface area contributed by atoms with Gasteiger partial charge >= 0.3 is 0 Å². The topological polar surface area (TPSA) is 84.2 Å².